The number of nitrogens with two attached hydrogens (primary N) is 1. The van der Waals surface area contributed by atoms with E-state index in [4.69, 9.17) is 10.9 Å². The fraction of sp³-hybridized carbons (Fsp3) is 0.615. The van der Waals surface area contributed by atoms with Crippen molar-refractivity contribution >= 4 is 65.1 Å². The molecule has 6 atom stereocenters. The summed E-state index contributed by atoms with van der Waals surface area (Å²) in [5.74, 6) is -5.22. The number of carbonyl (C=O) groups excluding carboxylic acids is 9. The van der Waals surface area contributed by atoms with E-state index < -0.39 is 79.0 Å². The van der Waals surface area contributed by atoms with Crippen LogP contribution in [0.1, 0.15) is 77.2 Å². The van der Waals surface area contributed by atoms with Gasteiger partial charge in [0, 0.05) is 42.7 Å². The zero-order valence-electron chi connectivity index (χ0n) is 34.5. The lowest BCUT2D eigenvalue weighted by Crippen LogP contribution is -2.52. The van der Waals surface area contributed by atoms with Crippen molar-refractivity contribution in [2.24, 2.45) is 17.6 Å². The maximum Gasteiger partial charge on any atom is 0.315 e. The second-order valence-electron chi connectivity index (χ2n) is 15.5. The number of fused-ring (bicyclic) bond motifs is 1. The molecule has 21 nitrogen and oxygen atoms in total. The molecule has 2 aliphatic heterocycles. The minimum Gasteiger partial charge on any atom is -0.508 e. The van der Waals surface area contributed by atoms with Crippen LogP contribution >= 0.6 is 11.8 Å². The Kier molecular flexibility index (Phi) is 21.1. The Morgan fingerprint density at radius 3 is 2.11 bits per heavy atom. The molecule has 1 unspecified atom stereocenters. The van der Waals surface area contributed by atoms with Crippen LogP contribution < -0.4 is 53.7 Å². The van der Waals surface area contributed by atoms with Crippen LogP contribution in [-0.4, -0.2) is 125 Å². The molecule has 338 valence electrons. The monoisotopic (exact) mass is 876 g/mol. The average molecular weight is 877 g/mol. The number of hydroxylamine groups is 1. The molecule has 2 fully saturated rings. The van der Waals surface area contributed by atoms with E-state index >= 15 is 0 Å². The number of thioether (sulfide) groups is 1. The first kappa shape index (κ1) is 49.7. The SMILES string of the molecule is CC(C)CC(CC(=O)NO)C(=O)N[C@@H](Cc1ccc(O)cc1)C(=O)NCC(=O)NCC(=O)NCC(=O)N[C@@H](CCCCNC(=O)CCCC[C@@H]1SC[C@@H]2NC(=O)N[C@@H]21)C(N)=O. The number of nitrogens with one attached hydrogen (secondary N) is 9. The van der Waals surface area contributed by atoms with Crippen molar-refractivity contribution in [3.63, 3.8) is 0 Å². The zero-order valence-corrected chi connectivity index (χ0v) is 35.3. The van der Waals surface area contributed by atoms with Crippen molar-refractivity contribution in [3.05, 3.63) is 29.8 Å². The maximum absolute atomic E-state index is 13.2. The highest BCUT2D eigenvalue weighted by Crippen LogP contribution is 2.33. The Labute approximate surface area is 358 Å². The summed E-state index contributed by atoms with van der Waals surface area (Å²) in [6, 6.07) is 3.85. The standard InChI is InChI=1S/C39H60N10O11S/c1-22(2)15-24(17-31(52)49-60)37(57)46-27(16-23-10-12-25(50)13-11-23)38(58)44-19-33(54)42-18-32(53)43-20-34(55)45-26(36(40)56)7-5-6-14-41-30(51)9-4-3-8-29-35-28(21-61-29)47-39(59)48-35/h10-13,22,24,26-29,35,50,60H,3-9,14-21H2,1-2H3,(H2,40,56)(H,41,51)(H,42,54)(H,43,53)(H,44,58)(H,45,55)(H,46,57)(H,49,52)(H2,47,48,59)/t24?,26-,27-,28-,29-,35-/m0/s1. The van der Waals surface area contributed by atoms with Crippen molar-refractivity contribution in [1.29, 1.82) is 0 Å². The molecule has 22 heteroatoms. The molecule has 2 saturated heterocycles. The molecule has 0 radical (unpaired) electrons. The first-order valence-corrected chi connectivity index (χ1v) is 21.5. The van der Waals surface area contributed by atoms with Crippen LogP contribution in [0.25, 0.3) is 0 Å². The number of phenolic OH excluding ortho intramolecular Hbond substituents is 1. The van der Waals surface area contributed by atoms with E-state index in [2.05, 4.69) is 42.5 Å². The number of benzene rings is 1. The van der Waals surface area contributed by atoms with Crippen molar-refractivity contribution < 1.29 is 53.5 Å². The average Bonchev–Trinajstić information content (AvgIpc) is 3.77. The normalized spacial score (nSPS) is 18.0. The smallest absolute Gasteiger partial charge is 0.315 e. The lowest BCUT2D eigenvalue weighted by molar-refractivity contribution is -0.136. The third-order valence-electron chi connectivity index (χ3n) is 10.0. The molecule has 2 heterocycles. The molecule has 61 heavy (non-hydrogen) atoms. The van der Waals surface area contributed by atoms with E-state index in [1.807, 2.05) is 25.6 Å². The highest BCUT2D eigenvalue weighted by atomic mass is 32.2. The minimum absolute atomic E-state index is 0.00210. The highest BCUT2D eigenvalue weighted by Gasteiger charge is 2.42. The van der Waals surface area contributed by atoms with Crippen molar-refractivity contribution in [2.75, 3.05) is 31.9 Å². The van der Waals surface area contributed by atoms with Crippen LogP contribution in [0.15, 0.2) is 24.3 Å². The van der Waals surface area contributed by atoms with Gasteiger partial charge < -0.3 is 53.4 Å². The summed E-state index contributed by atoms with van der Waals surface area (Å²) in [5.41, 5.74) is 7.52. The predicted octanol–water partition coefficient (Wildman–Crippen LogP) is -1.69. The fourth-order valence-electron chi connectivity index (χ4n) is 6.86. The number of aromatic hydroxyl groups is 1. The summed E-state index contributed by atoms with van der Waals surface area (Å²) < 4.78 is 0. The summed E-state index contributed by atoms with van der Waals surface area (Å²) in [6.07, 6.45) is 4.00. The summed E-state index contributed by atoms with van der Waals surface area (Å²) in [5, 5.41) is 39.8. The lowest BCUT2D eigenvalue weighted by atomic mass is 9.92. The first-order valence-electron chi connectivity index (χ1n) is 20.4. The third kappa shape index (κ3) is 18.7. The van der Waals surface area contributed by atoms with Crippen LogP contribution in [0.5, 0.6) is 5.75 Å². The lowest BCUT2D eigenvalue weighted by Gasteiger charge is -2.23. The summed E-state index contributed by atoms with van der Waals surface area (Å²) in [4.78, 5) is 111. The molecule has 3 rings (SSSR count). The molecular weight excluding hydrogens is 817 g/mol. The molecule has 0 bridgehead atoms. The second-order valence-corrected chi connectivity index (χ2v) is 16.8. The number of hydrogen-bond donors (Lipinski definition) is 12. The van der Waals surface area contributed by atoms with Crippen LogP contribution in [0.4, 0.5) is 4.79 Å². The number of amides is 10. The predicted molar refractivity (Wildman–Crippen MR) is 222 cm³/mol. The first-order chi connectivity index (χ1) is 29.0. The Balaban J connectivity index is 1.32. The number of carbonyl (C=O) groups is 9. The van der Waals surface area contributed by atoms with Gasteiger partial charge in [0.05, 0.1) is 31.7 Å². The van der Waals surface area contributed by atoms with Crippen LogP contribution in [0.3, 0.4) is 0 Å². The molecule has 1 aromatic rings. The quantitative estimate of drug-likeness (QED) is 0.0204. The third-order valence-corrected chi connectivity index (χ3v) is 11.5. The van der Waals surface area contributed by atoms with Gasteiger partial charge in [-0.3, -0.25) is 43.6 Å². The van der Waals surface area contributed by atoms with Gasteiger partial charge in [0.25, 0.3) is 0 Å². The Morgan fingerprint density at radius 1 is 0.787 bits per heavy atom. The van der Waals surface area contributed by atoms with E-state index in [0.29, 0.717) is 36.6 Å². The van der Waals surface area contributed by atoms with E-state index in [1.165, 1.54) is 17.6 Å². The Hall–Kier alpha value is -5.64. The number of urea groups is 1. The topological polar surface area (TPSA) is 328 Å². The summed E-state index contributed by atoms with van der Waals surface area (Å²) >= 11 is 1.83. The second kappa shape index (κ2) is 25.9. The largest absolute Gasteiger partial charge is 0.508 e. The van der Waals surface area contributed by atoms with Crippen molar-refractivity contribution in [1.82, 2.24) is 48.0 Å². The minimum atomic E-state index is -1.21. The summed E-state index contributed by atoms with van der Waals surface area (Å²) in [7, 11) is 0. The Bertz CT molecular complexity index is 1700. The number of unbranched alkanes of at least 4 members (excludes halogenated alkanes) is 2. The van der Waals surface area contributed by atoms with Gasteiger partial charge in [-0.15, -0.1) is 0 Å². The molecule has 10 amide bonds. The van der Waals surface area contributed by atoms with Crippen molar-refractivity contribution in [3.8, 4) is 5.75 Å². The molecular formula is C39H60N10O11S. The van der Waals surface area contributed by atoms with Crippen LogP contribution in [-0.2, 0) is 44.8 Å². The van der Waals surface area contributed by atoms with E-state index in [1.54, 1.807) is 12.1 Å². The number of primary amides is 1. The van der Waals surface area contributed by atoms with Crippen molar-refractivity contribution in [2.45, 2.75) is 107 Å². The van der Waals surface area contributed by atoms with Gasteiger partial charge in [-0.1, -0.05) is 32.4 Å². The maximum atomic E-state index is 13.2. The molecule has 2 aliphatic rings. The van der Waals surface area contributed by atoms with E-state index in [9.17, 15) is 48.3 Å². The zero-order chi connectivity index (χ0) is 44.9. The molecule has 13 N–H and O–H groups in total. The van der Waals surface area contributed by atoms with E-state index in [0.717, 1.165) is 25.0 Å². The van der Waals surface area contributed by atoms with Gasteiger partial charge in [0.15, 0.2) is 0 Å². The van der Waals surface area contributed by atoms with Gasteiger partial charge in [0.2, 0.25) is 47.3 Å². The van der Waals surface area contributed by atoms with Crippen LogP contribution in [0.2, 0.25) is 0 Å². The Morgan fingerprint density at radius 2 is 1.46 bits per heavy atom. The molecule has 0 aromatic heterocycles. The summed E-state index contributed by atoms with van der Waals surface area (Å²) in [6.45, 7) is 2.41. The van der Waals surface area contributed by atoms with E-state index in [-0.39, 0.29) is 61.4 Å². The highest BCUT2D eigenvalue weighted by molar-refractivity contribution is 8.00. The molecule has 0 aliphatic carbocycles. The molecule has 0 saturated carbocycles. The van der Waals surface area contributed by atoms with Gasteiger partial charge in [-0.2, -0.15) is 11.8 Å². The number of hydrogen-bond acceptors (Lipinski definition) is 12. The number of rotatable bonds is 27. The van der Waals surface area contributed by atoms with Gasteiger partial charge >= 0.3 is 6.03 Å². The fourth-order valence-corrected chi connectivity index (χ4v) is 8.40. The molecule has 1 aromatic carbocycles. The van der Waals surface area contributed by atoms with Gasteiger partial charge in [-0.05, 0) is 62.1 Å². The van der Waals surface area contributed by atoms with Gasteiger partial charge in [0.1, 0.15) is 17.8 Å². The van der Waals surface area contributed by atoms with Crippen LogP contribution in [0, 0.1) is 11.8 Å². The van der Waals surface area contributed by atoms with Gasteiger partial charge in [-0.25, -0.2) is 10.3 Å². The molecule has 0 spiro atoms. The number of phenols is 1.